The Kier molecular flexibility index (Phi) is 35.9. The molecule has 0 aliphatic rings. The molecule has 0 heterocycles. The second kappa shape index (κ2) is 44.4. The van der Waals surface area contributed by atoms with E-state index in [9.17, 15) is 0 Å². The summed E-state index contributed by atoms with van der Waals surface area (Å²) in [6.45, 7) is 51.1. The summed E-state index contributed by atoms with van der Waals surface area (Å²) in [5.41, 5.74) is 28.1. The Morgan fingerprint density at radius 1 is 0.112 bits per heavy atom. The maximum atomic E-state index is 5.64. The fraction of sp³-hybridized carbons (Fsp3) is 0.333. The van der Waals surface area contributed by atoms with E-state index in [-0.39, 0.29) is 20.4 Å². The quantitative estimate of drug-likeness (QED) is 0.0424. The Morgan fingerprint density at radius 3 is 0.200 bits per heavy atom. The zero-order valence-corrected chi connectivity index (χ0v) is 86.6. The van der Waals surface area contributed by atoms with E-state index in [0.717, 1.165) is 69.0 Å². The van der Waals surface area contributed by atoms with Crippen molar-refractivity contribution >= 4 is 95.3 Å². The normalized spacial score (nSPS) is 10.9. The molecule has 0 unspecified atom stereocenters. The minimum atomic E-state index is -1.25. The Morgan fingerprint density at radius 2 is 0.160 bits per heavy atom. The van der Waals surface area contributed by atoms with Gasteiger partial charge < -0.3 is 56.8 Å². The van der Waals surface area contributed by atoms with Crippen LogP contribution < -0.4 is 120 Å². The molecule has 0 spiro atoms. The molecule has 0 aliphatic carbocycles. The average Bonchev–Trinajstić information content (AvgIpc) is 0.784. The van der Waals surface area contributed by atoms with Gasteiger partial charge in [0.1, 0.15) is 133 Å². The number of hydrogen-bond donors (Lipinski definition) is 0. The van der Waals surface area contributed by atoms with Crippen LogP contribution in [-0.2, 0) is 20.4 Å². The maximum absolute atomic E-state index is 5.64. The van der Waals surface area contributed by atoms with E-state index in [0.29, 0.717) is 0 Å². The van der Waals surface area contributed by atoms with Crippen molar-refractivity contribution in [3.8, 4) is 69.0 Å². The Hall–Kier alpha value is -9.38. The van der Waals surface area contributed by atoms with E-state index in [4.69, 9.17) is 56.8 Å². The van der Waals surface area contributed by atoms with Crippen LogP contribution in [0.25, 0.3) is 0 Å². The first-order valence-corrected chi connectivity index (χ1v) is 48.2. The van der Waals surface area contributed by atoms with Crippen LogP contribution in [0, 0.1) is 166 Å². The maximum Gasteiger partial charge on any atom is 0.124 e. The van der Waals surface area contributed by atoms with Crippen molar-refractivity contribution in [2.24, 2.45) is 0 Å². The summed E-state index contributed by atoms with van der Waals surface area (Å²) >= 11 is 0. The molecule has 666 valence electrons. The minimum absolute atomic E-state index is 0. The summed E-state index contributed by atoms with van der Waals surface area (Å²) in [6, 6.07) is 55.1. The molecule has 0 saturated heterocycles. The van der Waals surface area contributed by atoms with Crippen LogP contribution >= 0.6 is 31.7 Å². The van der Waals surface area contributed by atoms with Gasteiger partial charge in [0.15, 0.2) is 0 Å². The molecule has 0 aliphatic heterocycles. The zero-order chi connectivity index (χ0) is 91.5. The Balaban J connectivity index is 0.000000206. The van der Waals surface area contributed by atoms with Crippen molar-refractivity contribution in [1.82, 2.24) is 0 Å². The summed E-state index contributed by atoms with van der Waals surface area (Å²) < 4.78 is 67.6. The predicted octanol–water partition coefficient (Wildman–Crippen LogP) is 20.2. The van der Waals surface area contributed by atoms with E-state index in [1.165, 1.54) is 197 Å². The van der Waals surface area contributed by atoms with Gasteiger partial charge in [-0.25, -0.2) is 0 Å². The van der Waals surface area contributed by atoms with Crippen molar-refractivity contribution in [3.63, 3.8) is 0 Å². The van der Waals surface area contributed by atoms with Gasteiger partial charge in [0.2, 0.25) is 0 Å². The first kappa shape index (κ1) is 101. The Labute approximate surface area is 766 Å². The van der Waals surface area contributed by atoms with Gasteiger partial charge in [-0.2, -0.15) is 0 Å². The number of ether oxygens (including phenoxy) is 12. The molecule has 12 aromatic rings. The monoisotopic (exact) mass is 1850 g/mol. The van der Waals surface area contributed by atoms with Gasteiger partial charge in [0.25, 0.3) is 0 Å². The fourth-order valence-corrected chi connectivity index (χ4v) is 31.7. The Bertz CT molecular complexity index is 4350. The molecule has 0 amide bonds. The van der Waals surface area contributed by atoms with Crippen LogP contribution in [0.3, 0.4) is 0 Å². The first-order chi connectivity index (χ1) is 58.8. The van der Waals surface area contributed by atoms with Gasteiger partial charge in [-0.15, -0.1) is 0 Å². The van der Waals surface area contributed by atoms with Crippen LogP contribution in [0.15, 0.2) is 146 Å². The molecule has 125 heavy (non-hydrogen) atoms. The topological polar surface area (TPSA) is 111 Å². The second-order valence-corrected chi connectivity index (χ2v) is 43.1. The number of hydrogen-bond acceptors (Lipinski definition) is 12. The minimum Gasteiger partial charge on any atom is -0.496 e. The van der Waals surface area contributed by atoms with Crippen LogP contribution in [0.1, 0.15) is 134 Å². The molecular weight excluding hydrogens is 1720 g/mol. The van der Waals surface area contributed by atoms with Gasteiger partial charge >= 0.3 is 0 Å². The summed E-state index contributed by atoms with van der Waals surface area (Å²) in [7, 11) is 15.9. The van der Waals surface area contributed by atoms with E-state index < -0.39 is 31.7 Å². The van der Waals surface area contributed by atoms with E-state index in [1.54, 1.807) is 85.3 Å². The molecule has 0 saturated carbocycles. The number of rotatable bonds is 24. The SMILES string of the molecule is COc1c(C)cc([PH+](c2cc(C)c(OC)c(C)c2)c2cc(C)c(OC)c(C)c2)cc1C.COc1c(C)cc([PH+](c2cc(C)c(OC)c(C)c2)c2cc(C)c(OC)c(C)c2)cc1C.COc1c(C)cc([PH+](c2cc(C)c(OC)c(C)c2)c2cc(C)c(OC)c(C)c2)cc1C.COc1c(C)cc([PH+](c2cc(C)c(OC)c(C)c2)c2cc(C)c(OC)c(C)c2)cc1C.[Pd]. The third-order valence-electron chi connectivity index (χ3n) is 23.4. The molecule has 0 fully saturated rings. The van der Waals surface area contributed by atoms with Crippen molar-refractivity contribution < 1.29 is 77.3 Å². The van der Waals surface area contributed by atoms with Crippen molar-refractivity contribution in [2.75, 3.05) is 85.3 Å². The smallest absolute Gasteiger partial charge is 0.124 e. The van der Waals surface area contributed by atoms with Gasteiger partial charge in [-0.3, -0.25) is 0 Å². The molecule has 0 bridgehead atoms. The van der Waals surface area contributed by atoms with Crippen LogP contribution in [0.5, 0.6) is 69.0 Å². The molecule has 0 atom stereocenters. The summed E-state index contributed by atoms with van der Waals surface area (Å²) in [6.07, 6.45) is 0. The molecule has 0 N–H and O–H groups in total. The van der Waals surface area contributed by atoms with Gasteiger partial charge in [-0.1, -0.05) is 0 Å². The largest absolute Gasteiger partial charge is 0.496 e. The van der Waals surface area contributed by atoms with E-state index in [1.807, 2.05) is 0 Å². The van der Waals surface area contributed by atoms with E-state index in [2.05, 4.69) is 312 Å². The van der Waals surface area contributed by atoms with Crippen molar-refractivity contribution in [3.05, 3.63) is 279 Å². The van der Waals surface area contributed by atoms with Gasteiger partial charge in [0.05, 0.1) is 117 Å². The third kappa shape index (κ3) is 22.4. The van der Waals surface area contributed by atoms with Crippen molar-refractivity contribution in [1.29, 1.82) is 0 Å². The standard InChI is InChI=1S/4C27H33O3P.Pd/c4*1-16-10-22(11-17(2)25(16)28-7)31(23-12-18(3)26(29-8)19(4)13-23)24-14-20(5)27(30-9)21(6)15-24;/h4*10-15H,1-9H3;/p+4. The zero-order valence-electron chi connectivity index (χ0n) is 81.1. The predicted molar refractivity (Wildman–Crippen MR) is 538 cm³/mol. The van der Waals surface area contributed by atoms with Gasteiger partial charge in [0, 0.05) is 20.4 Å². The van der Waals surface area contributed by atoms with Crippen molar-refractivity contribution in [2.45, 2.75) is 166 Å². The van der Waals surface area contributed by atoms with E-state index >= 15 is 0 Å². The molecule has 12 aromatic carbocycles. The molecule has 12 nitrogen and oxygen atoms in total. The van der Waals surface area contributed by atoms with Crippen LogP contribution in [-0.4, -0.2) is 85.3 Å². The first-order valence-electron chi connectivity index (χ1n) is 42.2. The molecular formula is C108H136O12P4Pd+4. The third-order valence-corrected chi connectivity index (χ3v) is 33.8. The fourth-order valence-electron chi connectivity index (χ4n) is 19.0. The molecule has 12 rings (SSSR count). The number of aryl methyl sites for hydroxylation is 24. The second-order valence-electron chi connectivity index (χ2n) is 33.2. The molecule has 0 aromatic heterocycles. The summed E-state index contributed by atoms with van der Waals surface area (Å²) in [5.74, 6) is 11.6. The van der Waals surface area contributed by atoms with Crippen LogP contribution in [0.4, 0.5) is 0 Å². The van der Waals surface area contributed by atoms with Crippen LogP contribution in [0.2, 0.25) is 0 Å². The molecule has 17 heteroatoms. The number of benzene rings is 12. The summed E-state index contributed by atoms with van der Waals surface area (Å²) in [4.78, 5) is 0. The number of methoxy groups -OCH3 is 12. The average molecular weight is 1860 g/mol. The van der Waals surface area contributed by atoms with Gasteiger partial charge in [-0.05, 0) is 445 Å². The summed E-state index contributed by atoms with van der Waals surface area (Å²) in [5, 5.41) is 16.3. The molecule has 0 radical (unpaired) electrons.